The maximum atomic E-state index is 14.4. The number of ether oxygens (including phenoxy) is 2. The van der Waals surface area contributed by atoms with Gasteiger partial charge in [-0.05, 0) is 37.0 Å². The minimum absolute atomic E-state index is 0.00120. The molecule has 0 aliphatic heterocycles. The molecule has 8 nitrogen and oxygen atoms in total. The molecule has 2 rings (SSSR count). The van der Waals surface area contributed by atoms with E-state index < -0.39 is 29.6 Å². The van der Waals surface area contributed by atoms with Gasteiger partial charge in [0, 0.05) is 12.5 Å². The van der Waals surface area contributed by atoms with Crippen molar-refractivity contribution in [3.8, 4) is 0 Å². The van der Waals surface area contributed by atoms with Gasteiger partial charge in [0.15, 0.2) is 5.78 Å². The maximum Gasteiger partial charge on any atom is 0.354 e. The molecular weight excluding hydrogens is 371 g/mol. The van der Waals surface area contributed by atoms with E-state index in [1.807, 2.05) is 0 Å². The van der Waals surface area contributed by atoms with E-state index in [0.29, 0.717) is 24.0 Å². The minimum atomic E-state index is -0.901. The Kier molecular flexibility index (Phi) is 6.50. The van der Waals surface area contributed by atoms with Gasteiger partial charge in [-0.3, -0.25) is 9.59 Å². The number of benzene rings is 1. The van der Waals surface area contributed by atoms with Crippen LogP contribution in [-0.4, -0.2) is 43.9 Å². The van der Waals surface area contributed by atoms with Crippen LogP contribution in [0.4, 0.5) is 10.1 Å². The Morgan fingerprint density at radius 2 is 1.93 bits per heavy atom. The number of anilines is 1. The fraction of sp³-hybridized carbons (Fsp3) is 0.368. The summed E-state index contributed by atoms with van der Waals surface area (Å²) >= 11 is 0. The standard InChI is InChI=1S/C19H21FN2O6/c1-9-11-5-6-13(21-10(2)23)18(25)17(11)14(7-12(9)20)22-15(19(26)28-4)8-16(24)27-3/h7-8,13,22H,5-6H2,1-4H3,(H,21,23)/b15-8+. The van der Waals surface area contributed by atoms with Crippen LogP contribution in [0.25, 0.3) is 0 Å². The summed E-state index contributed by atoms with van der Waals surface area (Å²) in [6.45, 7) is 2.85. The van der Waals surface area contributed by atoms with Crippen LogP contribution in [0.2, 0.25) is 0 Å². The third-order valence-electron chi connectivity index (χ3n) is 4.41. The molecular formula is C19H21FN2O6. The normalized spacial score (nSPS) is 16.1. The zero-order chi connectivity index (χ0) is 21.0. The summed E-state index contributed by atoms with van der Waals surface area (Å²) in [6, 6.07) is 0.303. The molecule has 1 unspecified atom stereocenters. The molecule has 0 bridgehead atoms. The van der Waals surface area contributed by atoms with E-state index in [0.717, 1.165) is 26.4 Å². The first-order valence-corrected chi connectivity index (χ1v) is 8.47. The van der Waals surface area contributed by atoms with Crippen LogP contribution in [0.1, 0.15) is 34.8 Å². The Morgan fingerprint density at radius 3 is 2.50 bits per heavy atom. The van der Waals surface area contributed by atoms with Gasteiger partial charge >= 0.3 is 11.9 Å². The number of carbonyl (C=O) groups excluding carboxylic acids is 4. The van der Waals surface area contributed by atoms with Gasteiger partial charge in [-0.1, -0.05) is 0 Å². The van der Waals surface area contributed by atoms with E-state index in [2.05, 4.69) is 20.1 Å². The number of rotatable bonds is 5. The molecule has 0 radical (unpaired) electrons. The second-order valence-corrected chi connectivity index (χ2v) is 6.24. The van der Waals surface area contributed by atoms with Crippen molar-refractivity contribution >= 4 is 29.3 Å². The molecule has 1 atom stereocenters. The molecule has 28 heavy (non-hydrogen) atoms. The number of halogens is 1. The Morgan fingerprint density at radius 1 is 1.25 bits per heavy atom. The minimum Gasteiger partial charge on any atom is -0.466 e. The number of esters is 2. The summed E-state index contributed by atoms with van der Waals surface area (Å²) in [4.78, 5) is 47.8. The molecule has 0 saturated carbocycles. The zero-order valence-electron chi connectivity index (χ0n) is 16.0. The molecule has 1 aromatic rings. The molecule has 0 spiro atoms. The lowest BCUT2D eigenvalue weighted by molar-refractivity contribution is -0.138. The van der Waals surface area contributed by atoms with E-state index in [1.54, 1.807) is 6.92 Å². The van der Waals surface area contributed by atoms with Gasteiger partial charge in [0.2, 0.25) is 5.91 Å². The highest BCUT2D eigenvalue weighted by atomic mass is 19.1. The Labute approximate surface area is 161 Å². The molecule has 0 aromatic heterocycles. The largest absolute Gasteiger partial charge is 0.466 e. The SMILES string of the molecule is COC(=O)/C=C(/Nc1cc(F)c(C)c2c1C(=O)C(NC(C)=O)CC2)C(=O)OC. The van der Waals surface area contributed by atoms with Crippen LogP contribution in [0.5, 0.6) is 0 Å². The van der Waals surface area contributed by atoms with Gasteiger partial charge in [0.1, 0.15) is 11.5 Å². The second kappa shape index (κ2) is 8.64. The molecule has 2 N–H and O–H groups in total. The average Bonchev–Trinajstić information content (AvgIpc) is 2.65. The van der Waals surface area contributed by atoms with Gasteiger partial charge < -0.3 is 20.1 Å². The molecule has 1 aliphatic carbocycles. The summed E-state index contributed by atoms with van der Waals surface area (Å²) in [5.74, 6) is -3.09. The van der Waals surface area contributed by atoms with Gasteiger partial charge in [-0.25, -0.2) is 14.0 Å². The third kappa shape index (κ3) is 4.36. The fourth-order valence-corrected chi connectivity index (χ4v) is 3.05. The summed E-state index contributed by atoms with van der Waals surface area (Å²) in [5, 5.41) is 5.18. The van der Waals surface area contributed by atoms with Crippen LogP contribution >= 0.6 is 0 Å². The molecule has 0 fully saturated rings. The number of ketones is 1. The number of Topliss-reactive ketones (excluding diaryl/α,β-unsaturated/α-hetero) is 1. The van der Waals surface area contributed by atoms with Crippen LogP contribution in [0.3, 0.4) is 0 Å². The van der Waals surface area contributed by atoms with Crippen molar-refractivity contribution in [1.82, 2.24) is 5.32 Å². The predicted molar refractivity (Wildman–Crippen MR) is 97.1 cm³/mol. The van der Waals surface area contributed by atoms with Crippen molar-refractivity contribution in [2.45, 2.75) is 32.7 Å². The van der Waals surface area contributed by atoms with Crippen molar-refractivity contribution in [2.75, 3.05) is 19.5 Å². The quantitative estimate of drug-likeness (QED) is 0.576. The number of carbonyl (C=O) groups is 4. The average molecular weight is 392 g/mol. The molecule has 0 heterocycles. The number of nitrogens with one attached hydrogen (secondary N) is 2. The van der Waals surface area contributed by atoms with E-state index in [1.165, 1.54) is 6.92 Å². The van der Waals surface area contributed by atoms with Crippen LogP contribution < -0.4 is 10.6 Å². The Hall–Kier alpha value is -3.23. The highest BCUT2D eigenvalue weighted by Gasteiger charge is 2.33. The van der Waals surface area contributed by atoms with Crippen molar-refractivity contribution in [3.63, 3.8) is 0 Å². The van der Waals surface area contributed by atoms with Crippen LogP contribution in [0.15, 0.2) is 17.8 Å². The molecule has 1 aromatic carbocycles. The van der Waals surface area contributed by atoms with Crippen LogP contribution in [-0.2, 0) is 30.3 Å². The van der Waals surface area contributed by atoms with Crippen molar-refractivity contribution in [1.29, 1.82) is 0 Å². The predicted octanol–water partition coefficient (Wildman–Crippen LogP) is 1.41. The number of amides is 1. The topological polar surface area (TPSA) is 111 Å². The van der Waals surface area contributed by atoms with E-state index in [4.69, 9.17) is 0 Å². The van der Waals surface area contributed by atoms with E-state index in [-0.39, 0.29) is 22.9 Å². The smallest absolute Gasteiger partial charge is 0.354 e. The first-order valence-electron chi connectivity index (χ1n) is 8.47. The maximum absolute atomic E-state index is 14.4. The van der Waals surface area contributed by atoms with Gasteiger partial charge in [0.25, 0.3) is 0 Å². The molecule has 150 valence electrons. The first kappa shape index (κ1) is 21.1. The number of hydrogen-bond acceptors (Lipinski definition) is 7. The van der Waals surface area contributed by atoms with Crippen LogP contribution in [0, 0.1) is 12.7 Å². The number of fused-ring (bicyclic) bond motifs is 1. The third-order valence-corrected chi connectivity index (χ3v) is 4.41. The van der Waals surface area contributed by atoms with Gasteiger partial charge in [0.05, 0.1) is 32.0 Å². The highest BCUT2D eigenvalue weighted by Crippen LogP contribution is 2.33. The van der Waals surface area contributed by atoms with Crippen molar-refractivity contribution < 1.29 is 33.0 Å². The molecule has 1 aliphatic rings. The molecule has 1 amide bonds. The first-order chi connectivity index (χ1) is 13.2. The lowest BCUT2D eigenvalue weighted by atomic mass is 9.83. The molecule has 9 heteroatoms. The lowest BCUT2D eigenvalue weighted by Crippen LogP contribution is -2.43. The lowest BCUT2D eigenvalue weighted by Gasteiger charge is -2.27. The van der Waals surface area contributed by atoms with Gasteiger partial charge in [-0.2, -0.15) is 0 Å². The van der Waals surface area contributed by atoms with Crippen molar-refractivity contribution in [3.05, 3.63) is 40.3 Å². The summed E-state index contributed by atoms with van der Waals surface area (Å²) in [5.41, 5.74) is 0.625. The summed E-state index contributed by atoms with van der Waals surface area (Å²) in [6.07, 6.45) is 1.53. The Bertz CT molecular complexity index is 878. The molecule has 0 saturated heterocycles. The highest BCUT2D eigenvalue weighted by molar-refractivity contribution is 6.09. The fourth-order valence-electron chi connectivity index (χ4n) is 3.05. The number of hydrogen-bond donors (Lipinski definition) is 2. The van der Waals surface area contributed by atoms with Crippen molar-refractivity contribution in [2.24, 2.45) is 0 Å². The second-order valence-electron chi connectivity index (χ2n) is 6.24. The summed E-state index contributed by atoms with van der Waals surface area (Å²) in [7, 11) is 2.24. The summed E-state index contributed by atoms with van der Waals surface area (Å²) < 4.78 is 23.5. The number of methoxy groups -OCH3 is 2. The van der Waals surface area contributed by atoms with E-state index >= 15 is 0 Å². The Balaban J connectivity index is 2.56. The zero-order valence-corrected chi connectivity index (χ0v) is 16.0. The monoisotopic (exact) mass is 392 g/mol. The van der Waals surface area contributed by atoms with Gasteiger partial charge in [-0.15, -0.1) is 0 Å². The van der Waals surface area contributed by atoms with E-state index in [9.17, 15) is 23.6 Å².